The number of nitrogens with two attached hydrogens (primary N) is 1. The number of carbonyl (C=O) groups is 5. The molecule has 13 heteroatoms. The number of ketones is 1. The van der Waals surface area contributed by atoms with E-state index < -0.39 is 23.6 Å². The van der Waals surface area contributed by atoms with Gasteiger partial charge in [0.15, 0.2) is 5.78 Å². The Balaban J connectivity index is 2.20. The molecule has 0 saturated carbocycles. The number of anilines is 1. The lowest BCUT2D eigenvalue weighted by atomic mass is 10.1. The van der Waals surface area contributed by atoms with E-state index in [-0.39, 0.29) is 34.2 Å². The van der Waals surface area contributed by atoms with E-state index in [0.29, 0.717) is 18.8 Å². The summed E-state index contributed by atoms with van der Waals surface area (Å²) in [6.45, 7) is 15.9. The summed E-state index contributed by atoms with van der Waals surface area (Å²) in [5.74, 6) is -2.61. The van der Waals surface area contributed by atoms with E-state index in [1.807, 2.05) is 0 Å². The van der Waals surface area contributed by atoms with E-state index in [1.165, 1.54) is 49.4 Å². The maximum Gasteiger partial charge on any atom is 0.255 e. The van der Waals surface area contributed by atoms with Crippen LogP contribution in [0.5, 0.6) is 0 Å². The number of hydrogen-bond donors (Lipinski definition) is 4. The van der Waals surface area contributed by atoms with E-state index in [0.717, 1.165) is 52.1 Å². The molecule has 46 heavy (non-hydrogen) atoms. The first-order chi connectivity index (χ1) is 22.0. The number of benzene rings is 2. The summed E-state index contributed by atoms with van der Waals surface area (Å²) in [7, 11) is 0. The molecule has 0 fully saturated rings. The molecular formula is C33H48N8O5. The van der Waals surface area contributed by atoms with Crippen molar-refractivity contribution in [3.63, 3.8) is 0 Å². The molecule has 2 aromatic carbocycles. The average Bonchev–Trinajstić information content (AvgIpc) is 3.04. The molecule has 0 spiro atoms. The van der Waals surface area contributed by atoms with Gasteiger partial charge in [-0.2, -0.15) is 10.2 Å². The monoisotopic (exact) mass is 636 g/mol. The van der Waals surface area contributed by atoms with Crippen LogP contribution in [-0.4, -0.2) is 97.6 Å². The standard InChI is InChI=1S/C33H48N8O5/c1-6-40(7-2)18-10-16-35-31(44)25-20-26(32(45)36-17-11-19-41(8-3)9-4)22-28(21-25)37-33(46)24-12-14-27(15-13-24)38-39-29(23(5)42)30(34)43/h12-15,20-22,29H,6-11,16-19H2,1-5H3,(H2,34,43)(H,35,44)(H,36,45)(H,37,46)/b39-38+. The highest BCUT2D eigenvalue weighted by atomic mass is 16.2. The summed E-state index contributed by atoms with van der Waals surface area (Å²) in [4.78, 5) is 66.7. The third-order valence-electron chi connectivity index (χ3n) is 7.45. The van der Waals surface area contributed by atoms with Crippen molar-refractivity contribution in [3.8, 4) is 0 Å². The molecule has 13 nitrogen and oxygen atoms in total. The molecule has 2 rings (SSSR count). The van der Waals surface area contributed by atoms with Crippen LogP contribution in [0.1, 0.15) is 78.5 Å². The van der Waals surface area contributed by atoms with E-state index in [4.69, 9.17) is 5.73 Å². The van der Waals surface area contributed by atoms with E-state index in [2.05, 4.69) is 63.7 Å². The molecule has 1 unspecified atom stereocenters. The van der Waals surface area contributed by atoms with Crippen LogP contribution < -0.4 is 21.7 Å². The van der Waals surface area contributed by atoms with Crippen molar-refractivity contribution >= 4 is 40.8 Å². The number of carbonyl (C=O) groups excluding carboxylic acids is 5. The lowest BCUT2D eigenvalue weighted by molar-refractivity contribution is -0.127. The van der Waals surface area contributed by atoms with Crippen molar-refractivity contribution in [2.45, 2.75) is 53.5 Å². The molecule has 250 valence electrons. The number of hydrogen-bond acceptors (Lipinski definition) is 9. The van der Waals surface area contributed by atoms with Crippen LogP contribution in [0.2, 0.25) is 0 Å². The highest BCUT2D eigenvalue weighted by Gasteiger charge is 2.20. The average molecular weight is 637 g/mol. The Kier molecular flexibility index (Phi) is 16.2. The van der Waals surface area contributed by atoms with Crippen LogP contribution in [0.4, 0.5) is 11.4 Å². The summed E-state index contributed by atoms with van der Waals surface area (Å²) in [5.41, 5.74) is 6.54. The Morgan fingerprint density at radius 3 is 1.61 bits per heavy atom. The van der Waals surface area contributed by atoms with Gasteiger partial charge in [0, 0.05) is 35.5 Å². The zero-order valence-electron chi connectivity index (χ0n) is 27.6. The molecule has 2 aromatic rings. The van der Waals surface area contributed by atoms with Gasteiger partial charge in [-0.05, 0) is 101 Å². The first-order valence-corrected chi connectivity index (χ1v) is 15.8. The van der Waals surface area contributed by atoms with Crippen LogP contribution in [0.3, 0.4) is 0 Å². The van der Waals surface area contributed by atoms with Crippen LogP contribution in [0.25, 0.3) is 0 Å². The van der Waals surface area contributed by atoms with Crippen molar-refractivity contribution in [2.75, 3.05) is 57.7 Å². The quantitative estimate of drug-likeness (QED) is 0.0977. The largest absolute Gasteiger partial charge is 0.367 e. The topological polar surface area (TPSA) is 179 Å². The second kappa shape index (κ2) is 19.8. The zero-order chi connectivity index (χ0) is 34.1. The first kappa shape index (κ1) is 37.7. The third-order valence-corrected chi connectivity index (χ3v) is 7.45. The van der Waals surface area contributed by atoms with Gasteiger partial charge in [0.25, 0.3) is 23.6 Å². The van der Waals surface area contributed by atoms with Crippen LogP contribution in [-0.2, 0) is 9.59 Å². The van der Waals surface area contributed by atoms with Crippen molar-refractivity contribution in [3.05, 3.63) is 59.2 Å². The normalized spacial score (nSPS) is 11.9. The predicted molar refractivity (Wildman–Crippen MR) is 178 cm³/mol. The second-order valence-electron chi connectivity index (χ2n) is 10.7. The van der Waals surface area contributed by atoms with Crippen LogP contribution in [0.15, 0.2) is 52.7 Å². The molecule has 0 bridgehead atoms. The second-order valence-corrected chi connectivity index (χ2v) is 10.7. The molecule has 0 aromatic heterocycles. The Morgan fingerprint density at radius 2 is 1.20 bits per heavy atom. The summed E-state index contributed by atoms with van der Waals surface area (Å²) in [5, 5.41) is 16.2. The Hall–Kier alpha value is -4.49. The van der Waals surface area contributed by atoms with Crippen molar-refractivity contribution < 1.29 is 24.0 Å². The summed E-state index contributed by atoms with van der Waals surface area (Å²) in [6.07, 6.45) is 1.55. The molecule has 0 aliphatic heterocycles. The third kappa shape index (κ3) is 12.5. The number of nitrogens with zero attached hydrogens (tertiary/aromatic N) is 4. The van der Waals surface area contributed by atoms with E-state index >= 15 is 0 Å². The molecule has 0 saturated heterocycles. The maximum absolute atomic E-state index is 13.1. The number of nitrogens with one attached hydrogen (secondary N) is 3. The molecular weight excluding hydrogens is 588 g/mol. The van der Waals surface area contributed by atoms with Gasteiger partial charge in [-0.3, -0.25) is 24.0 Å². The van der Waals surface area contributed by atoms with Gasteiger partial charge in [0.2, 0.25) is 6.04 Å². The highest BCUT2D eigenvalue weighted by molar-refractivity contribution is 6.07. The molecule has 0 aliphatic carbocycles. The fraction of sp³-hybridized carbons (Fsp3) is 0.485. The van der Waals surface area contributed by atoms with Gasteiger partial charge in [-0.1, -0.05) is 27.7 Å². The molecule has 0 heterocycles. The number of azo groups is 1. The summed E-state index contributed by atoms with van der Waals surface area (Å²) >= 11 is 0. The smallest absolute Gasteiger partial charge is 0.255 e. The fourth-order valence-corrected chi connectivity index (χ4v) is 4.60. The van der Waals surface area contributed by atoms with Gasteiger partial charge in [0.05, 0.1) is 5.69 Å². The number of Topliss-reactive ketones (excluding diaryl/α,β-unsaturated/α-hetero) is 1. The van der Waals surface area contributed by atoms with E-state index in [9.17, 15) is 24.0 Å². The van der Waals surface area contributed by atoms with Crippen molar-refractivity contribution in [1.82, 2.24) is 20.4 Å². The number of rotatable bonds is 20. The fourth-order valence-electron chi connectivity index (χ4n) is 4.60. The SMILES string of the molecule is CCN(CC)CCCNC(=O)c1cc(NC(=O)c2ccc(/N=N/C(C(C)=O)C(N)=O)cc2)cc(C(=O)NCCCN(CC)CC)c1. The van der Waals surface area contributed by atoms with Gasteiger partial charge in [-0.15, -0.1) is 0 Å². The molecule has 0 radical (unpaired) electrons. The molecule has 1 atom stereocenters. The molecule has 4 amide bonds. The Bertz CT molecular complexity index is 1290. The minimum Gasteiger partial charge on any atom is -0.367 e. The number of primary amides is 1. The van der Waals surface area contributed by atoms with Gasteiger partial charge in [0.1, 0.15) is 0 Å². The van der Waals surface area contributed by atoms with Gasteiger partial charge < -0.3 is 31.5 Å². The number of amides is 4. The maximum atomic E-state index is 13.1. The lowest BCUT2D eigenvalue weighted by Crippen LogP contribution is -2.32. The van der Waals surface area contributed by atoms with Crippen LogP contribution in [0, 0.1) is 0 Å². The van der Waals surface area contributed by atoms with E-state index in [1.54, 1.807) is 0 Å². The van der Waals surface area contributed by atoms with Crippen LogP contribution >= 0.6 is 0 Å². The summed E-state index contributed by atoms with van der Waals surface area (Å²) < 4.78 is 0. The minimum atomic E-state index is -1.39. The van der Waals surface area contributed by atoms with Gasteiger partial charge in [-0.25, -0.2) is 0 Å². The van der Waals surface area contributed by atoms with Gasteiger partial charge >= 0.3 is 0 Å². The first-order valence-electron chi connectivity index (χ1n) is 15.8. The Morgan fingerprint density at radius 1 is 0.717 bits per heavy atom. The van der Waals surface area contributed by atoms with Crippen molar-refractivity contribution in [2.24, 2.45) is 16.0 Å². The lowest BCUT2D eigenvalue weighted by Gasteiger charge is -2.18. The zero-order valence-corrected chi connectivity index (χ0v) is 27.6. The minimum absolute atomic E-state index is 0.249. The molecule has 5 N–H and O–H groups in total. The highest BCUT2D eigenvalue weighted by Crippen LogP contribution is 2.19. The Labute approximate surface area is 271 Å². The summed E-state index contributed by atoms with van der Waals surface area (Å²) in [6, 6.07) is 9.18. The predicted octanol–water partition coefficient (Wildman–Crippen LogP) is 3.39. The molecule has 0 aliphatic rings. The van der Waals surface area contributed by atoms with Crippen molar-refractivity contribution in [1.29, 1.82) is 0 Å².